The summed E-state index contributed by atoms with van der Waals surface area (Å²) in [4.78, 5) is 16.1. The van der Waals surface area contributed by atoms with E-state index < -0.39 is 26.5 Å². The average Bonchev–Trinajstić information content (AvgIpc) is 2.79. The van der Waals surface area contributed by atoms with Crippen LogP contribution in [0.4, 0.5) is 0 Å². The van der Waals surface area contributed by atoms with E-state index in [-0.39, 0.29) is 29.5 Å². The first kappa shape index (κ1) is 28.0. The van der Waals surface area contributed by atoms with Gasteiger partial charge in [-0.3, -0.25) is 4.79 Å². The molecule has 0 spiro atoms. The van der Waals surface area contributed by atoms with Gasteiger partial charge in [-0.1, -0.05) is 75.2 Å². The van der Waals surface area contributed by atoms with Crippen molar-refractivity contribution in [2.24, 2.45) is 11.3 Å². The number of hydrogen-bond acceptors (Lipinski definition) is 3. The van der Waals surface area contributed by atoms with Crippen LogP contribution < -0.4 is 0 Å². The monoisotopic (exact) mass is 537 g/mol. The molecule has 0 aliphatic carbocycles. The molecule has 1 saturated heterocycles. The number of carbonyl (C=O) groups excluding carboxylic acids is 1. The van der Waals surface area contributed by atoms with Crippen LogP contribution in [0.25, 0.3) is 0 Å². The molecule has 1 heterocycles. The van der Waals surface area contributed by atoms with Crippen molar-refractivity contribution >= 4 is 38.9 Å². The van der Waals surface area contributed by atoms with Gasteiger partial charge in [-0.2, -0.15) is 0 Å². The molecule has 7 heteroatoms. The Morgan fingerprint density at radius 1 is 1.00 bits per heavy atom. The van der Waals surface area contributed by atoms with E-state index in [0.717, 1.165) is 11.1 Å². The molecule has 2 aromatic rings. The number of benzene rings is 2. The van der Waals surface area contributed by atoms with E-state index >= 15 is 0 Å². The van der Waals surface area contributed by atoms with Crippen LogP contribution >= 0.6 is 23.2 Å². The van der Waals surface area contributed by atoms with Crippen molar-refractivity contribution in [3.8, 4) is 0 Å². The molecule has 4 nitrogen and oxygen atoms in total. The molecule has 192 valence electrons. The maximum Gasteiger partial charge on any atom is 0.229 e. The Labute approximate surface area is 220 Å². The fourth-order valence-electron chi connectivity index (χ4n) is 5.08. The second kappa shape index (κ2) is 10.8. The van der Waals surface area contributed by atoms with Gasteiger partial charge in [0.1, 0.15) is 0 Å². The molecule has 2 aromatic carbocycles. The third-order valence-corrected chi connectivity index (χ3v) is 10.3. The Morgan fingerprint density at radius 2 is 1.63 bits per heavy atom. The van der Waals surface area contributed by atoms with E-state index in [9.17, 15) is 13.2 Å². The Bertz CT molecular complexity index is 1150. The quantitative estimate of drug-likeness (QED) is 0.354. The van der Waals surface area contributed by atoms with Gasteiger partial charge in [0, 0.05) is 27.4 Å². The van der Waals surface area contributed by atoms with Crippen LogP contribution in [0.5, 0.6) is 0 Å². The van der Waals surface area contributed by atoms with Crippen molar-refractivity contribution < 1.29 is 13.2 Å². The molecular weight excluding hydrogens is 501 g/mol. The summed E-state index contributed by atoms with van der Waals surface area (Å²) in [7, 11) is -3.40. The van der Waals surface area contributed by atoms with Gasteiger partial charge >= 0.3 is 0 Å². The minimum atomic E-state index is -3.40. The molecule has 1 fully saturated rings. The second-order valence-electron chi connectivity index (χ2n) is 10.7. The molecule has 0 aromatic heterocycles. The van der Waals surface area contributed by atoms with E-state index in [2.05, 4.69) is 6.07 Å². The van der Waals surface area contributed by atoms with E-state index in [4.69, 9.17) is 23.2 Å². The molecule has 3 rings (SSSR count). The summed E-state index contributed by atoms with van der Waals surface area (Å²) in [6.45, 7) is 11.4. The van der Waals surface area contributed by atoms with Crippen molar-refractivity contribution in [3.05, 3.63) is 69.7 Å². The van der Waals surface area contributed by atoms with Gasteiger partial charge in [-0.15, -0.1) is 0 Å². The lowest BCUT2D eigenvalue weighted by Gasteiger charge is -2.53. The molecule has 1 unspecified atom stereocenters. The highest BCUT2D eigenvalue weighted by atomic mass is 35.5. The van der Waals surface area contributed by atoms with Crippen molar-refractivity contribution in [2.45, 2.75) is 77.6 Å². The van der Waals surface area contributed by atoms with Crippen LogP contribution in [-0.2, 0) is 14.6 Å². The van der Waals surface area contributed by atoms with E-state index in [0.29, 0.717) is 22.9 Å². The topological polar surface area (TPSA) is 54.5 Å². The molecule has 35 heavy (non-hydrogen) atoms. The first-order chi connectivity index (χ1) is 16.3. The summed E-state index contributed by atoms with van der Waals surface area (Å²) in [6.07, 6.45) is 1.31. The summed E-state index contributed by atoms with van der Waals surface area (Å²) in [5.41, 5.74) is 1.37. The van der Waals surface area contributed by atoms with Gasteiger partial charge in [-0.05, 0) is 68.0 Å². The van der Waals surface area contributed by atoms with E-state index in [1.54, 1.807) is 13.8 Å². The van der Waals surface area contributed by atoms with Crippen LogP contribution in [-0.4, -0.2) is 36.3 Å². The molecule has 0 N–H and O–H groups in total. The number of carbonyl (C=O) groups is 1. The molecule has 0 radical (unpaired) electrons. The zero-order valence-corrected chi connectivity index (χ0v) is 23.8. The number of halogens is 2. The number of rotatable bonds is 8. The SMILES string of the molecule is CC[C@@]1(C)C[C@H](c2cccc(Cl)c2)C(c2ccc(Cl)cc2)N([C@H](CS(=O)(=O)C(C)C)C(C)C)C1=O. The molecule has 0 bridgehead atoms. The number of likely N-dealkylation sites (tertiary alicyclic amines) is 1. The smallest absolute Gasteiger partial charge is 0.229 e. The summed E-state index contributed by atoms with van der Waals surface area (Å²) in [5.74, 6) is -0.168. The predicted octanol–water partition coefficient (Wildman–Crippen LogP) is 7.31. The van der Waals surface area contributed by atoms with Crippen LogP contribution in [0, 0.1) is 11.3 Å². The lowest BCUT2D eigenvalue weighted by molar-refractivity contribution is -0.155. The van der Waals surface area contributed by atoms with Crippen molar-refractivity contribution in [1.82, 2.24) is 4.90 Å². The molecule has 1 aliphatic rings. The third kappa shape index (κ3) is 5.89. The van der Waals surface area contributed by atoms with Gasteiger partial charge in [0.05, 0.1) is 17.0 Å². The Kier molecular flexibility index (Phi) is 8.66. The molecular formula is C28H37Cl2NO3S. The molecule has 1 aliphatic heterocycles. The van der Waals surface area contributed by atoms with Crippen LogP contribution in [0.2, 0.25) is 10.0 Å². The van der Waals surface area contributed by atoms with E-state index in [1.807, 2.05) is 75.1 Å². The fraction of sp³-hybridized carbons (Fsp3) is 0.536. The Morgan fingerprint density at radius 3 is 2.14 bits per heavy atom. The minimum absolute atomic E-state index is 0.0101. The number of sulfone groups is 1. The first-order valence-corrected chi connectivity index (χ1v) is 14.8. The number of amides is 1. The molecule has 0 saturated carbocycles. The zero-order valence-electron chi connectivity index (χ0n) is 21.5. The van der Waals surface area contributed by atoms with E-state index in [1.165, 1.54) is 0 Å². The first-order valence-electron chi connectivity index (χ1n) is 12.4. The standard InChI is InChI=1S/C28H37Cl2NO3S/c1-7-28(6)16-24(21-9-8-10-23(30)15-21)26(20-11-13-22(29)14-12-20)31(27(28)32)25(18(2)3)17-35(33,34)19(4)5/h8-15,18-19,24-26H,7,16-17H2,1-6H3/t24-,25-,26?,28+/m1/s1. The summed E-state index contributed by atoms with van der Waals surface area (Å²) < 4.78 is 26.3. The highest BCUT2D eigenvalue weighted by molar-refractivity contribution is 7.92. The Balaban J connectivity index is 2.27. The number of hydrogen-bond donors (Lipinski definition) is 0. The van der Waals surface area contributed by atoms with Crippen LogP contribution in [0.3, 0.4) is 0 Å². The van der Waals surface area contributed by atoms with Gasteiger partial charge < -0.3 is 4.90 Å². The largest absolute Gasteiger partial charge is 0.330 e. The molecule has 1 amide bonds. The van der Waals surface area contributed by atoms with Gasteiger partial charge in [0.15, 0.2) is 9.84 Å². The average molecular weight is 539 g/mol. The number of nitrogens with zero attached hydrogens (tertiary/aromatic N) is 1. The van der Waals surface area contributed by atoms with Crippen LogP contribution in [0.1, 0.15) is 77.5 Å². The summed E-state index contributed by atoms with van der Waals surface area (Å²) >= 11 is 12.6. The van der Waals surface area contributed by atoms with Crippen molar-refractivity contribution in [2.75, 3.05) is 5.75 Å². The normalized spacial score (nSPS) is 24.3. The highest BCUT2D eigenvalue weighted by Gasteiger charge is 2.51. The summed E-state index contributed by atoms with van der Waals surface area (Å²) in [5, 5.41) is 0.739. The third-order valence-electron chi connectivity index (χ3n) is 7.62. The van der Waals surface area contributed by atoms with Crippen LogP contribution in [0.15, 0.2) is 48.5 Å². The fourth-order valence-corrected chi connectivity index (χ4v) is 6.81. The maximum absolute atomic E-state index is 14.3. The van der Waals surface area contributed by atoms with Gasteiger partial charge in [-0.25, -0.2) is 8.42 Å². The van der Waals surface area contributed by atoms with Gasteiger partial charge in [0.2, 0.25) is 5.91 Å². The lowest BCUT2D eigenvalue weighted by Crippen LogP contribution is -2.58. The number of piperidine rings is 1. The van der Waals surface area contributed by atoms with Crippen molar-refractivity contribution in [3.63, 3.8) is 0 Å². The maximum atomic E-state index is 14.3. The van der Waals surface area contributed by atoms with Gasteiger partial charge in [0.25, 0.3) is 0 Å². The zero-order chi connectivity index (χ0) is 26.1. The predicted molar refractivity (Wildman–Crippen MR) is 146 cm³/mol. The summed E-state index contributed by atoms with van der Waals surface area (Å²) in [6, 6.07) is 14.6. The Hall–Kier alpha value is -1.56. The minimum Gasteiger partial charge on any atom is -0.330 e. The van der Waals surface area contributed by atoms with Crippen molar-refractivity contribution in [1.29, 1.82) is 0 Å². The highest BCUT2D eigenvalue weighted by Crippen LogP contribution is 2.52. The second-order valence-corrected chi connectivity index (χ2v) is 14.2. The molecule has 4 atom stereocenters. The lowest BCUT2D eigenvalue weighted by atomic mass is 9.67.